The average molecular weight is 365 g/mol. The van der Waals surface area contributed by atoms with E-state index in [1.54, 1.807) is 4.90 Å². The summed E-state index contributed by atoms with van der Waals surface area (Å²) in [5.74, 6) is 0.131. The molecule has 1 aromatic heterocycles. The molecule has 0 aliphatic carbocycles. The first-order chi connectivity index (χ1) is 12.2. The standard InChI is InChI=1S/C19H22F3N3O/c1-12(2)17-16-9-8-13(3)24(16)10-11-25(17)18(26)23-15-7-5-4-6-14(15)19(20,21)22/h4-9,12,17H,10-11H2,1-3H3,(H,23,26)/t17-/m0/s1. The van der Waals surface area contributed by atoms with Gasteiger partial charge in [-0.25, -0.2) is 4.79 Å². The summed E-state index contributed by atoms with van der Waals surface area (Å²) in [5.41, 5.74) is 1.08. The number of rotatable bonds is 2. The zero-order chi connectivity index (χ0) is 19.1. The summed E-state index contributed by atoms with van der Waals surface area (Å²) >= 11 is 0. The van der Waals surface area contributed by atoms with Crippen molar-refractivity contribution in [3.63, 3.8) is 0 Å². The molecular formula is C19H22F3N3O. The van der Waals surface area contributed by atoms with Crippen molar-refractivity contribution in [2.24, 2.45) is 5.92 Å². The minimum atomic E-state index is -4.52. The number of anilines is 1. The largest absolute Gasteiger partial charge is 0.418 e. The molecule has 1 atom stereocenters. The number of nitrogens with zero attached hydrogens (tertiary/aromatic N) is 2. The molecule has 2 amide bonds. The average Bonchev–Trinajstić information content (AvgIpc) is 2.94. The zero-order valence-electron chi connectivity index (χ0n) is 15.0. The van der Waals surface area contributed by atoms with E-state index in [-0.39, 0.29) is 17.6 Å². The van der Waals surface area contributed by atoms with Gasteiger partial charge in [-0.3, -0.25) is 0 Å². The maximum absolute atomic E-state index is 13.2. The molecule has 1 N–H and O–H groups in total. The molecule has 2 heterocycles. The fourth-order valence-corrected chi connectivity index (χ4v) is 3.62. The van der Waals surface area contributed by atoms with Crippen molar-refractivity contribution >= 4 is 11.7 Å². The normalized spacial score (nSPS) is 17.3. The molecule has 0 unspecified atom stereocenters. The van der Waals surface area contributed by atoms with E-state index in [4.69, 9.17) is 0 Å². The second-order valence-electron chi connectivity index (χ2n) is 6.91. The van der Waals surface area contributed by atoms with Crippen LogP contribution in [0.4, 0.5) is 23.7 Å². The highest BCUT2D eigenvalue weighted by atomic mass is 19.4. The van der Waals surface area contributed by atoms with Crippen LogP contribution in [-0.4, -0.2) is 22.0 Å². The molecule has 1 aliphatic rings. The van der Waals surface area contributed by atoms with Crippen LogP contribution < -0.4 is 5.32 Å². The van der Waals surface area contributed by atoms with Gasteiger partial charge in [-0.2, -0.15) is 13.2 Å². The number of fused-ring (bicyclic) bond motifs is 1. The third kappa shape index (κ3) is 3.30. The van der Waals surface area contributed by atoms with Crippen LogP contribution in [0.2, 0.25) is 0 Å². The number of amides is 2. The van der Waals surface area contributed by atoms with Gasteiger partial charge in [-0.15, -0.1) is 0 Å². The van der Waals surface area contributed by atoms with Crippen LogP contribution in [-0.2, 0) is 12.7 Å². The van der Waals surface area contributed by atoms with Crippen molar-refractivity contribution in [2.45, 2.75) is 39.5 Å². The fourth-order valence-electron chi connectivity index (χ4n) is 3.62. The first kappa shape index (κ1) is 18.4. The lowest BCUT2D eigenvalue weighted by molar-refractivity contribution is -0.136. The number of hydrogen-bond donors (Lipinski definition) is 1. The highest BCUT2D eigenvalue weighted by Crippen LogP contribution is 2.37. The van der Waals surface area contributed by atoms with Gasteiger partial charge >= 0.3 is 12.2 Å². The summed E-state index contributed by atoms with van der Waals surface area (Å²) in [7, 11) is 0. The molecule has 3 rings (SSSR count). The van der Waals surface area contributed by atoms with E-state index in [1.165, 1.54) is 18.2 Å². The van der Waals surface area contributed by atoms with Gasteiger partial charge in [0.05, 0.1) is 17.3 Å². The summed E-state index contributed by atoms with van der Waals surface area (Å²) in [6.45, 7) is 7.10. The van der Waals surface area contributed by atoms with E-state index in [9.17, 15) is 18.0 Å². The van der Waals surface area contributed by atoms with Crippen molar-refractivity contribution in [3.05, 3.63) is 53.3 Å². The minimum Gasteiger partial charge on any atom is -0.345 e. The Morgan fingerprint density at radius 2 is 1.85 bits per heavy atom. The number of hydrogen-bond acceptors (Lipinski definition) is 1. The fraction of sp³-hybridized carbons (Fsp3) is 0.421. The van der Waals surface area contributed by atoms with Crippen molar-refractivity contribution in [1.82, 2.24) is 9.47 Å². The maximum atomic E-state index is 13.2. The second kappa shape index (κ2) is 6.70. The number of urea groups is 1. The van der Waals surface area contributed by atoms with E-state index in [0.29, 0.717) is 13.1 Å². The predicted octanol–water partition coefficient (Wildman–Crippen LogP) is 5.06. The third-order valence-corrected chi connectivity index (χ3v) is 4.80. The molecule has 1 aromatic carbocycles. The smallest absolute Gasteiger partial charge is 0.345 e. The van der Waals surface area contributed by atoms with Gasteiger partial charge in [0.15, 0.2) is 0 Å². The monoisotopic (exact) mass is 365 g/mol. The lowest BCUT2D eigenvalue weighted by Crippen LogP contribution is -2.46. The number of alkyl halides is 3. The van der Waals surface area contributed by atoms with E-state index in [2.05, 4.69) is 9.88 Å². The molecule has 26 heavy (non-hydrogen) atoms. The third-order valence-electron chi connectivity index (χ3n) is 4.80. The summed E-state index contributed by atoms with van der Waals surface area (Å²) in [6, 6.07) is 8.35. The minimum absolute atomic E-state index is 0.131. The van der Waals surface area contributed by atoms with Crippen molar-refractivity contribution < 1.29 is 18.0 Å². The van der Waals surface area contributed by atoms with Crippen LogP contribution in [0.25, 0.3) is 0 Å². The van der Waals surface area contributed by atoms with Crippen LogP contribution >= 0.6 is 0 Å². The van der Waals surface area contributed by atoms with Crippen LogP contribution in [0.1, 0.15) is 36.8 Å². The van der Waals surface area contributed by atoms with Gasteiger partial charge in [0.25, 0.3) is 0 Å². The van der Waals surface area contributed by atoms with Crippen LogP contribution in [0.15, 0.2) is 36.4 Å². The number of nitrogens with one attached hydrogen (secondary N) is 1. The molecule has 140 valence electrons. The number of benzene rings is 1. The van der Waals surface area contributed by atoms with Crippen LogP contribution in [0.3, 0.4) is 0 Å². The molecule has 7 heteroatoms. The highest BCUT2D eigenvalue weighted by molar-refractivity contribution is 5.90. The van der Waals surface area contributed by atoms with Crippen molar-refractivity contribution in [1.29, 1.82) is 0 Å². The lowest BCUT2D eigenvalue weighted by atomic mass is 9.97. The first-order valence-electron chi connectivity index (χ1n) is 8.60. The predicted molar refractivity (Wildman–Crippen MR) is 93.9 cm³/mol. The Bertz CT molecular complexity index is 811. The topological polar surface area (TPSA) is 37.3 Å². The molecule has 0 saturated carbocycles. The Kier molecular flexibility index (Phi) is 4.73. The molecule has 2 aromatic rings. The van der Waals surface area contributed by atoms with Crippen molar-refractivity contribution in [2.75, 3.05) is 11.9 Å². The Morgan fingerprint density at radius 3 is 2.50 bits per heavy atom. The molecule has 0 saturated heterocycles. The van der Waals surface area contributed by atoms with Gasteiger partial charge in [0, 0.05) is 24.5 Å². The lowest BCUT2D eigenvalue weighted by Gasteiger charge is -2.39. The summed E-state index contributed by atoms with van der Waals surface area (Å²) < 4.78 is 41.7. The number of carbonyl (C=O) groups is 1. The number of halogens is 3. The van der Waals surface area contributed by atoms with E-state index in [1.807, 2.05) is 32.9 Å². The summed E-state index contributed by atoms with van der Waals surface area (Å²) in [6.07, 6.45) is -4.52. The summed E-state index contributed by atoms with van der Waals surface area (Å²) in [4.78, 5) is 14.4. The van der Waals surface area contributed by atoms with E-state index >= 15 is 0 Å². The Balaban J connectivity index is 1.89. The molecule has 0 fully saturated rings. The summed E-state index contributed by atoms with van der Waals surface area (Å²) in [5, 5.41) is 2.47. The van der Waals surface area contributed by atoms with E-state index < -0.39 is 17.8 Å². The molecule has 4 nitrogen and oxygen atoms in total. The number of para-hydroxylation sites is 1. The zero-order valence-corrected chi connectivity index (χ0v) is 15.0. The molecule has 0 radical (unpaired) electrons. The Morgan fingerprint density at radius 1 is 1.15 bits per heavy atom. The quantitative estimate of drug-likeness (QED) is 0.794. The molecule has 0 bridgehead atoms. The van der Waals surface area contributed by atoms with Gasteiger partial charge in [-0.1, -0.05) is 26.0 Å². The number of carbonyl (C=O) groups excluding carboxylic acids is 1. The van der Waals surface area contributed by atoms with Gasteiger partial charge in [0.2, 0.25) is 0 Å². The Labute approximate surface area is 150 Å². The van der Waals surface area contributed by atoms with Gasteiger partial charge < -0.3 is 14.8 Å². The van der Waals surface area contributed by atoms with Crippen LogP contribution in [0.5, 0.6) is 0 Å². The number of aromatic nitrogens is 1. The van der Waals surface area contributed by atoms with Crippen molar-refractivity contribution in [3.8, 4) is 0 Å². The van der Waals surface area contributed by atoms with Gasteiger partial charge in [0.1, 0.15) is 0 Å². The SMILES string of the molecule is Cc1ccc2n1CCN(C(=O)Nc1ccccc1C(F)(F)F)[C@H]2C(C)C. The maximum Gasteiger partial charge on any atom is 0.418 e. The first-order valence-corrected chi connectivity index (χ1v) is 8.60. The Hall–Kier alpha value is -2.44. The second-order valence-corrected chi connectivity index (χ2v) is 6.91. The van der Waals surface area contributed by atoms with Crippen LogP contribution in [0, 0.1) is 12.8 Å². The molecule has 0 spiro atoms. The number of aryl methyl sites for hydroxylation is 1. The van der Waals surface area contributed by atoms with Gasteiger partial charge in [-0.05, 0) is 37.1 Å². The van der Waals surface area contributed by atoms with E-state index in [0.717, 1.165) is 17.5 Å². The highest BCUT2D eigenvalue weighted by Gasteiger charge is 2.36. The molecule has 1 aliphatic heterocycles. The molecular weight excluding hydrogens is 343 g/mol.